The summed E-state index contributed by atoms with van der Waals surface area (Å²) in [5.41, 5.74) is 0.655. The van der Waals surface area contributed by atoms with Gasteiger partial charge in [0.25, 0.3) is 0 Å². The van der Waals surface area contributed by atoms with Gasteiger partial charge in [-0.15, -0.1) is 0 Å². The third-order valence-corrected chi connectivity index (χ3v) is 1.37. The van der Waals surface area contributed by atoms with E-state index in [9.17, 15) is 9.59 Å². The van der Waals surface area contributed by atoms with Gasteiger partial charge in [-0.2, -0.15) is 0 Å². The van der Waals surface area contributed by atoms with Crippen LogP contribution in [0.25, 0.3) is 0 Å². The Bertz CT molecular complexity index is 202. The molecule has 0 heterocycles. The van der Waals surface area contributed by atoms with E-state index in [1.165, 1.54) is 6.08 Å². The van der Waals surface area contributed by atoms with Gasteiger partial charge in [0.1, 0.15) is 0 Å². The molecule has 2 heteroatoms. The molecule has 0 saturated carbocycles. The number of ketones is 2. The molecule has 0 bridgehead atoms. The highest BCUT2D eigenvalue weighted by Crippen LogP contribution is 1.91. The summed E-state index contributed by atoms with van der Waals surface area (Å²) in [5.74, 6) is 0.259. The molecule has 82 valence electrons. The Morgan fingerprint density at radius 2 is 1.64 bits per heavy atom. The number of carbonyl (C=O) groups excluding carboxylic acids is 2. The largest absolute Gasteiger partial charge is 0.295 e. The van der Waals surface area contributed by atoms with Crippen molar-refractivity contribution in [2.24, 2.45) is 0 Å². The topological polar surface area (TPSA) is 34.1 Å². The standard InChI is InChI=1S/C6H10O.C5H8O.CH4/c1-4-6(7)5(2)3;1-3-5(6)4-2;/h2,4H2,1,3H3;3H,1,4H2,2H3;1H4. The van der Waals surface area contributed by atoms with Crippen LogP contribution < -0.4 is 0 Å². The summed E-state index contributed by atoms with van der Waals surface area (Å²) in [6, 6.07) is 0. The average Bonchev–Trinajstić information content (AvgIpc) is 2.16. The minimum Gasteiger partial charge on any atom is -0.295 e. The van der Waals surface area contributed by atoms with Gasteiger partial charge in [0, 0.05) is 12.8 Å². The van der Waals surface area contributed by atoms with Crippen LogP contribution in [0.4, 0.5) is 0 Å². The van der Waals surface area contributed by atoms with Gasteiger partial charge in [0.05, 0.1) is 0 Å². The number of allylic oxidation sites excluding steroid dienone is 2. The molecule has 14 heavy (non-hydrogen) atoms. The summed E-state index contributed by atoms with van der Waals surface area (Å²) < 4.78 is 0. The van der Waals surface area contributed by atoms with Gasteiger partial charge in [0.15, 0.2) is 11.6 Å². The first-order valence-electron chi connectivity index (χ1n) is 4.33. The predicted molar refractivity (Wildman–Crippen MR) is 62.3 cm³/mol. The number of hydrogen-bond donors (Lipinski definition) is 0. The molecule has 0 unspecified atom stereocenters. The zero-order chi connectivity index (χ0) is 10.9. The maximum atomic E-state index is 10.4. The smallest absolute Gasteiger partial charge is 0.157 e. The molecule has 0 N–H and O–H groups in total. The molecule has 0 aromatic carbocycles. The van der Waals surface area contributed by atoms with Crippen molar-refractivity contribution in [3.8, 4) is 0 Å². The van der Waals surface area contributed by atoms with Crippen LogP contribution in [0, 0.1) is 0 Å². The highest BCUT2D eigenvalue weighted by Gasteiger charge is 1.93. The van der Waals surface area contributed by atoms with E-state index in [2.05, 4.69) is 13.2 Å². The van der Waals surface area contributed by atoms with Gasteiger partial charge in [-0.25, -0.2) is 0 Å². The van der Waals surface area contributed by atoms with Crippen molar-refractivity contribution in [2.75, 3.05) is 0 Å². The van der Waals surface area contributed by atoms with Crippen molar-refractivity contribution in [3.05, 3.63) is 24.8 Å². The SMILES string of the molecule is C.C=C(C)C(=O)CC.C=CC(=O)CC. The Labute approximate surface area is 87.7 Å². The molecule has 0 saturated heterocycles. The maximum Gasteiger partial charge on any atom is 0.157 e. The van der Waals surface area contributed by atoms with E-state index >= 15 is 0 Å². The lowest BCUT2D eigenvalue weighted by Crippen LogP contribution is -1.93. The van der Waals surface area contributed by atoms with Gasteiger partial charge in [-0.3, -0.25) is 9.59 Å². The van der Waals surface area contributed by atoms with E-state index in [-0.39, 0.29) is 19.0 Å². The Morgan fingerprint density at radius 3 is 1.64 bits per heavy atom. The predicted octanol–water partition coefficient (Wildman–Crippen LogP) is 3.33. The molecule has 0 aliphatic heterocycles. The molecule has 2 nitrogen and oxygen atoms in total. The fourth-order valence-electron chi connectivity index (χ4n) is 0.446. The molecular weight excluding hydrogens is 176 g/mol. The average molecular weight is 198 g/mol. The zero-order valence-electron chi connectivity index (χ0n) is 8.72. The van der Waals surface area contributed by atoms with Crippen molar-refractivity contribution in [1.29, 1.82) is 0 Å². The minimum atomic E-state index is 0. The molecule has 0 aromatic heterocycles. The number of Topliss-reactive ketones (excluding diaryl/α,β-unsaturated/α-hetero) is 1. The molecule has 0 fully saturated rings. The first-order valence-corrected chi connectivity index (χ1v) is 4.33. The summed E-state index contributed by atoms with van der Waals surface area (Å²) in [6.07, 6.45) is 2.48. The highest BCUT2D eigenvalue weighted by atomic mass is 16.1. The lowest BCUT2D eigenvalue weighted by Gasteiger charge is -1.87. The van der Waals surface area contributed by atoms with Crippen molar-refractivity contribution >= 4 is 11.6 Å². The number of rotatable bonds is 4. The third-order valence-electron chi connectivity index (χ3n) is 1.37. The quantitative estimate of drug-likeness (QED) is 0.649. The molecule has 0 rings (SSSR count). The van der Waals surface area contributed by atoms with Gasteiger partial charge >= 0.3 is 0 Å². The minimum absolute atomic E-state index is 0. The van der Waals surface area contributed by atoms with Crippen LogP contribution in [0.5, 0.6) is 0 Å². The fourth-order valence-corrected chi connectivity index (χ4v) is 0.446. The Morgan fingerprint density at radius 1 is 1.21 bits per heavy atom. The number of carbonyl (C=O) groups is 2. The van der Waals surface area contributed by atoms with Crippen molar-refractivity contribution in [1.82, 2.24) is 0 Å². The summed E-state index contributed by atoms with van der Waals surface area (Å²) in [5, 5.41) is 0. The molecule has 0 aliphatic carbocycles. The monoisotopic (exact) mass is 198 g/mol. The molecule has 0 radical (unpaired) electrons. The first-order chi connectivity index (χ1) is 5.99. The van der Waals surface area contributed by atoms with Gasteiger partial charge in [-0.05, 0) is 18.6 Å². The second-order valence-electron chi connectivity index (χ2n) is 2.58. The van der Waals surface area contributed by atoms with Gasteiger partial charge < -0.3 is 0 Å². The van der Waals surface area contributed by atoms with E-state index < -0.39 is 0 Å². The second-order valence-corrected chi connectivity index (χ2v) is 2.58. The van der Waals surface area contributed by atoms with Crippen molar-refractivity contribution < 1.29 is 9.59 Å². The van der Waals surface area contributed by atoms with Crippen molar-refractivity contribution in [3.63, 3.8) is 0 Å². The van der Waals surface area contributed by atoms with Gasteiger partial charge in [0.2, 0.25) is 0 Å². The van der Waals surface area contributed by atoms with E-state index in [0.29, 0.717) is 18.4 Å². The molecule has 0 aliphatic rings. The van der Waals surface area contributed by atoms with Crippen LogP contribution >= 0.6 is 0 Å². The van der Waals surface area contributed by atoms with Crippen LogP contribution in [0.3, 0.4) is 0 Å². The van der Waals surface area contributed by atoms with E-state index in [1.807, 2.05) is 13.8 Å². The fraction of sp³-hybridized carbons (Fsp3) is 0.500. The Balaban J connectivity index is -0.000000163. The zero-order valence-corrected chi connectivity index (χ0v) is 8.72. The summed E-state index contributed by atoms with van der Waals surface area (Å²) >= 11 is 0. The van der Waals surface area contributed by atoms with Crippen LogP contribution in [0.15, 0.2) is 24.8 Å². The number of hydrogen-bond acceptors (Lipinski definition) is 2. The molecule has 0 atom stereocenters. The lowest BCUT2D eigenvalue weighted by molar-refractivity contribution is -0.115. The maximum absolute atomic E-state index is 10.4. The summed E-state index contributed by atoms with van der Waals surface area (Å²) in [4.78, 5) is 20.5. The third kappa shape index (κ3) is 13.4. The highest BCUT2D eigenvalue weighted by molar-refractivity contribution is 5.93. The lowest BCUT2D eigenvalue weighted by atomic mass is 10.2. The summed E-state index contributed by atoms with van der Waals surface area (Å²) in [7, 11) is 0. The molecule has 0 spiro atoms. The Hall–Kier alpha value is -1.18. The summed E-state index contributed by atoms with van der Waals surface area (Å²) in [6.45, 7) is 12.1. The van der Waals surface area contributed by atoms with E-state index in [0.717, 1.165) is 0 Å². The first kappa shape index (κ1) is 18.6. The Kier molecular flexibility index (Phi) is 15.7. The molecular formula is C12H22O2. The van der Waals surface area contributed by atoms with Crippen LogP contribution in [-0.2, 0) is 9.59 Å². The van der Waals surface area contributed by atoms with Gasteiger partial charge in [-0.1, -0.05) is 34.4 Å². The van der Waals surface area contributed by atoms with E-state index in [1.54, 1.807) is 6.92 Å². The van der Waals surface area contributed by atoms with E-state index in [4.69, 9.17) is 0 Å². The normalized spacial score (nSPS) is 7.36. The molecule has 0 amide bonds. The van der Waals surface area contributed by atoms with Crippen LogP contribution in [0.2, 0.25) is 0 Å². The van der Waals surface area contributed by atoms with Crippen LogP contribution in [-0.4, -0.2) is 11.6 Å². The van der Waals surface area contributed by atoms with Crippen LogP contribution in [0.1, 0.15) is 41.0 Å². The second kappa shape index (κ2) is 11.8. The molecule has 0 aromatic rings. The van der Waals surface area contributed by atoms with Crippen molar-refractivity contribution in [2.45, 2.75) is 41.0 Å².